The zero-order valence-electron chi connectivity index (χ0n) is 18.6. The van der Waals surface area contributed by atoms with Crippen LogP contribution >= 0.6 is 11.6 Å². The van der Waals surface area contributed by atoms with Crippen LogP contribution in [0.5, 0.6) is 0 Å². The van der Waals surface area contributed by atoms with Gasteiger partial charge in [0.15, 0.2) is 5.60 Å². The Morgan fingerprint density at radius 3 is 1.85 bits per heavy atom. The molecule has 3 aromatic carbocycles. The van der Waals surface area contributed by atoms with Crippen molar-refractivity contribution in [1.82, 2.24) is 4.90 Å². The van der Waals surface area contributed by atoms with E-state index in [9.17, 15) is 13.9 Å². The average molecular weight is 483 g/mol. The van der Waals surface area contributed by atoms with Gasteiger partial charge < -0.3 is 9.94 Å². The Morgan fingerprint density at radius 1 is 0.824 bits per heavy atom. The fourth-order valence-electron chi connectivity index (χ4n) is 4.88. The van der Waals surface area contributed by atoms with Crippen molar-refractivity contribution in [3.63, 3.8) is 0 Å². The summed E-state index contributed by atoms with van der Waals surface area (Å²) in [6, 6.07) is 19.7. The highest BCUT2D eigenvalue weighted by Gasteiger charge is 2.44. The van der Waals surface area contributed by atoms with E-state index < -0.39 is 11.2 Å². The zero-order chi connectivity index (χ0) is 23.8. The van der Waals surface area contributed by atoms with Crippen LogP contribution in [0.3, 0.4) is 0 Å². The first-order valence-corrected chi connectivity index (χ1v) is 11.7. The number of rotatable bonds is 5. The summed E-state index contributed by atoms with van der Waals surface area (Å²) in [6.45, 7) is 2.01. The molecule has 0 atom stereocenters. The predicted octanol–water partition coefficient (Wildman–Crippen LogP) is 5.62. The molecule has 1 fully saturated rings. The molecule has 176 valence electrons. The van der Waals surface area contributed by atoms with E-state index in [1.165, 1.54) is 24.3 Å². The number of halogens is 3. The molecule has 0 aromatic heterocycles. The molecule has 2 aliphatic heterocycles. The molecule has 0 aliphatic carbocycles. The lowest BCUT2D eigenvalue weighted by Crippen LogP contribution is -2.44. The van der Waals surface area contributed by atoms with Gasteiger partial charge in [0.2, 0.25) is 0 Å². The molecule has 0 radical (unpaired) electrons. The third-order valence-electron chi connectivity index (χ3n) is 6.88. The smallest absolute Gasteiger partial charge is 0.193 e. The second-order valence-electron chi connectivity index (χ2n) is 9.08. The van der Waals surface area contributed by atoms with Gasteiger partial charge in [-0.3, -0.25) is 4.90 Å². The van der Waals surface area contributed by atoms with Crippen molar-refractivity contribution < 1.29 is 18.7 Å². The largest absolute Gasteiger partial charge is 0.385 e. The van der Waals surface area contributed by atoms with Gasteiger partial charge in [-0.2, -0.15) is 0 Å². The van der Waals surface area contributed by atoms with Crippen molar-refractivity contribution in [2.75, 3.05) is 19.6 Å². The van der Waals surface area contributed by atoms with Crippen molar-refractivity contribution in [2.24, 2.45) is 5.16 Å². The predicted molar refractivity (Wildman–Crippen MR) is 128 cm³/mol. The van der Waals surface area contributed by atoms with Gasteiger partial charge in [-0.05, 0) is 54.8 Å². The number of aliphatic hydroxyl groups is 1. The first-order valence-electron chi connectivity index (χ1n) is 11.3. The molecule has 0 amide bonds. The van der Waals surface area contributed by atoms with Crippen LogP contribution in [-0.2, 0) is 16.0 Å². The van der Waals surface area contributed by atoms with Gasteiger partial charge in [0.1, 0.15) is 11.6 Å². The van der Waals surface area contributed by atoms with Crippen LogP contribution in [0.15, 0.2) is 78.0 Å². The number of likely N-dealkylation sites (tertiary alicyclic amines) is 1. The quantitative estimate of drug-likeness (QED) is 0.513. The number of piperidine rings is 1. The molecular formula is C27H25ClF2N2O2. The molecule has 0 unspecified atom stereocenters. The molecule has 1 saturated heterocycles. The van der Waals surface area contributed by atoms with Gasteiger partial charge in [-0.25, -0.2) is 8.78 Å². The molecule has 34 heavy (non-hydrogen) atoms. The number of hydrogen-bond donors (Lipinski definition) is 1. The summed E-state index contributed by atoms with van der Waals surface area (Å²) in [7, 11) is 0. The fourth-order valence-corrected chi connectivity index (χ4v) is 5.01. The molecule has 0 bridgehead atoms. The lowest BCUT2D eigenvalue weighted by atomic mass is 9.82. The van der Waals surface area contributed by atoms with E-state index in [-0.39, 0.29) is 11.6 Å². The van der Waals surface area contributed by atoms with Crippen molar-refractivity contribution in [1.29, 1.82) is 0 Å². The summed E-state index contributed by atoms with van der Waals surface area (Å²) < 4.78 is 27.2. The molecule has 2 heterocycles. The van der Waals surface area contributed by atoms with Crippen LogP contribution in [0, 0.1) is 11.6 Å². The standard InChI is InChI=1S/C27H25ClF2N2O2/c28-22-7-1-19(2-8-22)26(33)13-15-32(16-14-26)18-25-17-27(34-31-25,20-3-9-23(29)10-4-20)21-5-11-24(30)12-6-21/h1-12,33H,13-18H2. The van der Waals surface area contributed by atoms with Crippen LogP contribution in [0.2, 0.25) is 5.02 Å². The molecule has 4 nitrogen and oxygen atoms in total. The highest BCUT2D eigenvalue weighted by Crippen LogP contribution is 2.42. The van der Waals surface area contributed by atoms with Gasteiger partial charge in [0.25, 0.3) is 0 Å². The Morgan fingerprint density at radius 2 is 1.32 bits per heavy atom. The van der Waals surface area contributed by atoms with E-state index in [1.807, 2.05) is 12.1 Å². The van der Waals surface area contributed by atoms with E-state index in [2.05, 4.69) is 10.1 Å². The summed E-state index contributed by atoms with van der Waals surface area (Å²) in [4.78, 5) is 8.27. The monoisotopic (exact) mass is 482 g/mol. The van der Waals surface area contributed by atoms with Crippen LogP contribution < -0.4 is 0 Å². The van der Waals surface area contributed by atoms with Crippen LogP contribution in [0.1, 0.15) is 36.0 Å². The second kappa shape index (κ2) is 9.10. The maximum atomic E-state index is 13.6. The van der Waals surface area contributed by atoms with Gasteiger partial charge in [-0.1, -0.05) is 53.2 Å². The normalized spacial score (nSPS) is 19.5. The Balaban J connectivity index is 1.30. The summed E-state index contributed by atoms with van der Waals surface area (Å²) in [5, 5.41) is 16.2. The molecule has 3 aromatic rings. The number of nitrogens with zero attached hydrogens (tertiary/aromatic N) is 2. The minimum Gasteiger partial charge on any atom is -0.385 e. The highest BCUT2D eigenvalue weighted by atomic mass is 35.5. The van der Waals surface area contributed by atoms with E-state index in [0.717, 1.165) is 22.4 Å². The molecule has 5 rings (SSSR count). The van der Waals surface area contributed by atoms with E-state index >= 15 is 0 Å². The van der Waals surface area contributed by atoms with Crippen molar-refractivity contribution in [3.05, 3.63) is 106 Å². The van der Waals surface area contributed by atoms with Crippen LogP contribution in [0.25, 0.3) is 0 Å². The highest BCUT2D eigenvalue weighted by molar-refractivity contribution is 6.30. The Hall–Kier alpha value is -2.80. The summed E-state index contributed by atoms with van der Waals surface area (Å²) >= 11 is 5.99. The minimum absolute atomic E-state index is 0.335. The van der Waals surface area contributed by atoms with Crippen molar-refractivity contribution in [2.45, 2.75) is 30.5 Å². The molecule has 0 spiro atoms. The third-order valence-corrected chi connectivity index (χ3v) is 7.13. The Bertz CT molecular complexity index is 1130. The fraction of sp³-hybridized carbons (Fsp3) is 0.296. The van der Waals surface area contributed by atoms with Crippen molar-refractivity contribution in [3.8, 4) is 0 Å². The number of hydrogen-bond acceptors (Lipinski definition) is 4. The van der Waals surface area contributed by atoms with E-state index in [1.54, 1.807) is 36.4 Å². The molecule has 1 N–H and O–H groups in total. The van der Waals surface area contributed by atoms with Gasteiger partial charge in [0, 0.05) is 42.2 Å². The Kier molecular flexibility index (Phi) is 6.15. The summed E-state index contributed by atoms with van der Waals surface area (Å²) in [5.74, 6) is -0.669. The lowest BCUT2D eigenvalue weighted by Gasteiger charge is -2.38. The van der Waals surface area contributed by atoms with Gasteiger partial charge in [0.05, 0.1) is 11.3 Å². The van der Waals surface area contributed by atoms with Crippen LogP contribution in [0.4, 0.5) is 8.78 Å². The van der Waals surface area contributed by atoms with E-state index in [4.69, 9.17) is 16.4 Å². The summed E-state index contributed by atoms with van der Waals surface area (Å²) in [5.41, 5.74) is 1.44. The van der Waals surface area contributed by atoms with Gasteiger partial charge in [-0.15, -0.1) is 0 Å². The average Bonchev–Trinajstić information content (AvgIpc) is 3.27. The van der Waals surface area contributed by atoms with E-state index in [0.29, 0.717) is 43.9 Å². The molecule has 0 saturated carbocycles. The molecule has 7 heteroatoms. The first kappa shape index (κ1) is 23.0. The SMILES string of the molecule is OC1(c2ccc(Cl)cc2)CCN(CC2=NOC(c3ccc(F)cc3)(c3ccc(F)cc3)C2)CC1. The first-order chi connectivity index (χ1) is 16.4. The molecular weight excluding hydrogens is 458 g/mol. The summed E-state index contributed by atoms with van der Waals surface area (Å²) in [6.07, 6.45) is 1.68. The topological polar surface area (TPSA) is 45.1 Å². The zero-order valence-corrected chi connectivity index (χ0v) is 19.3. The maximum absolute atomic E-state index is 13.6. The third kappa shape index (κ3) is 4.45. The second-order valence-corrected chi connectivity index (χ2v) is 9.52. The van der Waals surface area contributed by atoms with Crippen LogP contribution in [-0.4, -0.2) is 35.4 Å². The lowest BCUT2D eigenvalue weighted by molar-refractivity contribution is -0.0226. The maximum Gasteiger partial charge on any atom is 0.193 e. The van der Waals surface area contributed by atoms with Crippen molar-refractivity contribution >= 4 is 17.3 Å². The Labute approximate surface area is 202 Å². The van der Waals surface area contributed by atoms with Gasteiger partial charge >= 0.3 is 0 Å². The minimum atomic E-state index is -0.934. The number of benzene rings is 3. The number of oxime groups is 1. The molecule has 2 aliphatic rings.